The first-order valence-electron chi connectivity index (χ1n) is 6.86. The van der Waals surface area contributed by atoms with Gasteiger partial charge in [-0.1, -0.05) is 31.2 Å². The van der Waals surface area contributed by atoms with Gasteiger partial charge in [-0.3, -0.25) is 4.57 Å². The van der Waals surface area contributed by atoms with Crippen molar-refractivity contribution in [1.82, 2.24) is 14.5 Å². The summed E-state index contributed by atoms with van der Waals surface area (Å²) >= 11 is 0. The maximum absolute atomic E-state index is 11.3. The van der Waals surface area contributed by atoms with Crippen molar-refractivity contribution in [3.8, 4) is 5.82 Å². The minimum Gasteiger partial charge on any atom is -0.478 e. The monoisotopic (exact) mass is 281 g/mol. The van der Waals surface area contributed by atoms with Gasteiger partial charge in [-0.05, 0) is 6.42 Å². The van der Waals surface area contributed by atoms with E-state index in [2.05, 4.69) is 16.9 Å². The van der Waals surface area contributed by atoms with E-state index in [0.717, 1.165) is 29.9 Å². The molecule has 0 saturated carbocycles. The van der Waals surface area contributed by atoms with Crippen molar-refractivity contribution < 1.29 is 9.90 Å². The highest BCUT2D eigenvalue weighted by Crippen LogP contribution is 2.24. The Morgan fingerprint density at radius 2 is 2.00 bits per heavy atom. The topological polar surface area (TPSA) is 68.0 Å². The molecule has 0 unspecified atom stereocenters. The normalized spacial score (nSPS) is 10.9. The molecule has 2 aromatic heterocycles. The van der Waals surface area contributed by atoms with Crippen LogP contribution < -0.4 is 0 Å². The van der Waals surface area contributed by atoms with Crippen LogP contribution in [0.15, 0.2) is 42.9 Å². The standard InChI is InChI=1S/C16H15N3O2/c1-2-5-14-17-8-9-19(14)15-12-7-4-3-6-11(12)13(10-18-15)16(20)21/h3-4,6-10H,2,5H2,1H3,(H,20,21). The summed E-state index contributed by atoms with van der Waals surface area (Å²) < 4.78 is 1.93. The number of fused-ring (bicyclic) bond motifs is 1. The smallest absolute Gasteiger partial charge is 0.337 e. The van der Waals surface area contributed by atoms with E-state index in [-0.39, 0.29) is 5.56 Å². The number of carbonyl (C=O) groups is 1. The summed E-state index contributed by atoms with van der Waals surface area (Å²) in [5.74, 6) is 0.680. The van der Waals surface area contributed by atoms with Gasteiger partial charge in [0.25, 0.3) is 0 Å². The van der Waals surface area contributed by atoms with E-state index in [9.17, 15) is 9.90 Å². The van der Waals surface area contributed by atoms with Crippen LogP contribution in [0, 0.1) is 0 Å². The lowest BCUT2D eigenvalue weighted by Crippen LogP contribution is -2.06. The molecule has 0 aliphatic carbocycles. The average Bonchev–Trinajstić information content (AvgIpc) is 2.94. The van der Waals surface area contributed by atoms with Crippen molar-refractivity contribution >= 4 is 16.7 Å². The van der Waals surface area contributed by atoms with Crippen molar-refractivity contribution in [3.05, 3.63) is 54.2 Å². The second-order valence-electron chi connectivity index (χ2n) is 4.81. The summed E-state index contributed by atoms with van der Waals surface area (Å²) in [6, 6.07) is 7.41. The van der Waals surface area contributed by atoms with Gasteiger partial charge in [0.2, 0.25) is 0 Å². The summed E-state index contributed by atoms with van der Waals surface area (Å²) in [7, 11) is 0. The lowest BCUT2D eigenvalue weighted by molar-refractivity contribution is 0.0698. The van der Waals surface area contributed by atoms with Gasteiger partial charge in [0.1, 0.15) is 11.6 Å². The number of carboxylic acid groups (broad SMARTS) is 1. The summed E-state index contributed by atoms with van der Waals surface area (Å²) in [5, 5.41) is 10.8. The van der Waals surface area contributed by atoms with Gasteiger partial charge in [-0.2, -0.15) is 0 Å². The van der Waals surface area contributed by atoms with E-state index in [1.807, 2.05) is 29.0 Å². The third-order valence-electron chi connectivity index (χ3n) is 3.42. The zero-order chi connectivity index (χ0) is 14.8. The van der Waals surface area contributed by atoms with Crippen LogP contribution in [0.5, 0.6) is 0 Å². The second-order valence-corrected chi connectivity index (χ2v) is 4.81. The molecule has 0 spiro atoms. The first-order chi connectivity index (χ1) is 10.2. The zero-order valence-corrected chi connectivity index (χ0v) is 11.7. The van der Waals surface area contributed by atoms with Crippen molar-refractivity contribution in [2.45, 2.75) is 19.8 Å². The fourth-order valence-electron chi connectivity index (χ4n) is 2.48. The third-order valence-corrected chi connectivity index (χ3v) is 3.42. The summed E-state index contributed by atoms with van der Waals surface area (Å²) in [6.45, 7) is 2.10. The maximum atomic E-state index is 11.3. The quantitative estimate of drug-likeness (QED) is 0.798. The Morgan fingerprint density at radius 1 is 1.24 bits per heavy atom. The van der Waals surface area contributed by atoms with E-state index < -0.39 is 5.97 Å². The minimum atomic E-state index is -0.968. The number of aromatic carboxylic acids is 1. The number of hydrogen-bond acceptors (Lipinski definition) is 3. The molecule has 3 aromatic rings. The maximum Gasteiger partial charge on any atom is 0.337 e. The predicted molar refractivity (Wildman–Crippen MR) is 79.8 cm³/mol. The molecule has 0 bridgehead atoms. The van der Waals surface area contributed by atoms with Crippen LogP contribution in [-0.2, 0) is 6.42 Å². The molecule has 3 rings (SSSR count). The predicted octanol–water partition coefficient (Wildman–Crippen LogP) is 3.07. The Bertz CT molecular complexity index is 808. The van der Waals surface area contributed by atoms with Crippen LogP contribution >= 0.6 is 0 Å². The van der Waals surface area contributed by atoms with Crippen LogP contribution in [0.25, 0.3) is 16.6 Å². The van der Waals surface area contributed by atoms with Gasteiger partial charge in [0.05, 0.1) is 5.56 Å². The highest BCUT2D eigenvalue weighted by Gasteiger charge is 2.14. The SMILES string of the molecule is CCCc1nccn1-c1ncc(C(=O)O)c2ccccc12. The summed E-state index contributed by atoms with van der Waals surface area (Å²) in [4.78, 5) is 20.0. The van der Waals surface area contributed by atoms with Crippen LogP contribution in [0.1, 0.15) is 29.5 Å². The highest BCUT2D eigenvalue weighted by atomic mass is 16.4. The highest BCUT2D eigenvalue weighted by molar-refractivity contribution is 6.05. The Labute approximate surface area is 121 Å². The van der Waals surface area contributed by atoms with E-state index in [1.165, 1.54) is 6.20 Å². The fourth-order valence-corrected chi connectivity index (χ4v) is 2.48. The molecular weight excluding hydrogens is 266 g/mol. The molecule has 5 nitrogen and oxygen atoms in total. The third kappa shape index (κ3) is 2.27. The number of imidazole rings is 1. The minimum absolute atomic E-state index is 0.214. The van der Waals surface area contributed by atoms with E-state index in [4.69, 9.17) is 0 Å². The lowest BCUT2D eigenvalue weighted by atomic mass is 10.1. The molecular formula is C16H15N3O2. The molecule has 21 heavy (non-hydrogen) atoms. The molecule has 0 saturated heterocycles. The van der Waals surface area contributed by atoms with Crippen LogP contribution in [0.4, 0.5) is 0 Å². The zero-order valence-electron chi connectivity index (χ0n) is 11.7. The number of rotatable bonds is 4. The van der Waals surface area contributed by atoms with Crippen molar-refractivity contribution in [3.63, 3.8) is 0 Å². The molecule has 106 valence electrons. The number of benzene rings is 1. The van der Waals surface area contributed by atoms with Crippen LogP contribution in [0.2, 0.25) is 0 Å². The molecule has 0 aliphatic heterocycles. The largest absolute Gasteiger partial charge is 0.478 e. The molecule has 5 heteroatoms. The van der Waals surface area contributed by atoms with Gasteiger partial charge in [-0.15, -0.1) is 0 Å². The summed E-state index contributed by atoms with van der Waals surface area (Å²) in [6.07, 6.45) is 6.86. The average molecular weight is 281 g/mol. The number of carboxylic acids is 1. The number of nitrogens with zero attached hydrogens (tertiary/aromatic N) is 3. The Hall–Kier alpha value is -2.69. The van der Waals surface area contributed by atoms with Gasteiger partial charge >= 0.3 is 5.97 Å². The molecule has 0 radical (unpaired) electrons. The van der Waals surface area contributed by atoms with E-state index >= 15 is 0 Å². The second kappa shape index (κ2) is 5.36. The summed E-state index contributed by atoms with van der Waals surface area (Å²) in [5.41, 5.74) is 0.214. The number of hydrogen-bond donors (Lipinski definition) is 1. The van der Waals surface area contributed by atoms with Crippen molar-refractivity contribution in [2.75, 3.05) is 0 Å². The van der Waals surface area contributed by atoms with Gasteiger partial charge in [0, 0.05) is 35.8 Å². The van der Waals surface area contributed by atoms with Gasteiger partial charge in [-0.25, -0.2) is 14.8 Å². The van der Waals surface area contributed by atoms with Crippen LogP contribution in [0.3, 0.4) is 0 Å². The first-order valence-corrected chi connectivity index (χ1v) is 6.86. The number of aryl methyl sites for hydroxylation is 1. The fraction of sp³-hybridized carbons (Fsp3) is 0.188. The molecule has 0 atom stereocenters. The number of pyridine rings is 1. The van der Waals surface area contributed by atoms with Crippen molar-refractivity contribution in [1.29, 1.82) is 0 Å². The lowest BCUT2D eigenvalue weighted by Gasteiger charge is -2.11. The molecule has 2 heterocycles. The van der Waals surface area contributed by atoms with Gasteiger partial charge in [0.15, 0.2) is 0 Å². The van der Waals surface area contributed by atoms with E-state index in [1.54, 1.807) is 12.3 Å². The Morgan fingerprint density at radius 3 is 2.71 bits per heavy atom. The molecule has 1 aromatic carbocycles. The Kier molecular flexibility index (Phi) is 3.39. The van der Waals surface area contributed by atoms with Gasteiger partial charge < -0.3 is 5.11 Å². The first kappa shape index (κ1) is 13.3. The Balaban J connectivity index is 2.27. The van der Waals surface area contributed by atoms with Crippen molar-refractivity contribution in [2.24, 2.45) is 0 Å². The molecule has 0 amide bonds. The van der Waals surface area contributed by atoms with E-state index in [0.29, 0.717) is 5.39 Å². The molecule has 0 fully saturated rings. The van der Waals surface area contributed by atoms with Crippen LogP contribution in [-0.4, -0.2) is 25.6 Å². The molecule has 1 N–H and O–H groups in total. The number of aromatic nitrogens is 3. The molecule has 0 aliphatic rings.